The van der Waals surface area contributed by atoms with Crippen LogP contribution in [-0.4, -0.2) is 27.3 Å². The minimum Gasteiger partial charge on any atom is -0.494 e. The number of fused-ring (bicyclic) bond motifs is 1. The zero-order valence-corrected chi connectivity index (χ0v) is 15.8. The minimum absolute atomic E-state index is 0.715. The first-order valence-electron chi connectivity index (χ1n) is 8.59. The third-order valence-corrected chi connectivity index (χ3v) is 6.72. The molecule has 0 saturated heterocycles. The number of ether oxygens (including phenoxy) is 1. The fraction of sp³-hybridized carbons (Fsp3) is 0.368. The van der Waals surface area contributed by atoms with Crippen molar-refractivity contribution in [2.24, 2.45) is 0 Å². The summed E-state index contributed by atoms with van der Waals surface area (Å²) in [6, 6.07) is 10.2. The second-order valence-electron chi connectivity index (χ2n) is 6.16. The zero-order valence-electron chi connectivity index (χ0n) is 14.2. The molecule has 4 rings (SSSR count). The van der Waals surface area contributed by atoms with Crippen molar-refractivity contribution in [2.45, 2.75) is 46.7 Å². The number of imidazole rings is 1. The monoisotopic (exact) mass is 371 g/mol. The summed E-state index contributed by atoms with van der Waals surface area (Å²) < 4.78 is 5.71. The summed E-state index contributed by atoms with van der Waals surface area (Å²) in [7, 11) is 1.74. The Morgan fingerprint density at radius 1 is 1.20 bits per heavy atom. The van der Waals surface area contributed by atoms with E-state index in [1.54, 1.807) is 18.9 Å². The quantitative estimate of drug-likeness (QED) is 0.596. The molecule has 1 aliphatic carbocycles. The molecule has 0 spiro atoms. The van der Waals surface area contributed by atoms with Crippen molar-refractivity contribution in [1.82, 2.24) is 15.0 Å². The number of methoxy groups -OCH3 is 1. The average Bonchev–Trinajstić information content (AvgIpc) is 3.29. The second-order valence-corrected chi connectivity index (χ2v) is 8.47. The largest absolute Gasteiger partial charge is 0.494 e. The molecule has 1 aromatic carbocycles. The van der Waals surface area contributed by atoms with Crippen LogP contribution in [0.25, 0.3) is 11.0 Å². The summed E-state index contributed by atoms with van der Waals surface area (Å²) in [5, 5.41) is 1.63. The molecule has 0 atom stereocenters. The first-order valence-corrected chi connectivity index (χ1v) is 10.5. The van der Waals surface area contributed by atoms with Gasteiger partial charge in [0.05, 0.1) is 28.7 Å². The maximum absolute atomic E-state index is 5.71. The van der Waals surface area contributed by atoms with Gasteiger partial charge in [-0.15, -0.1) is 11.8 Å². The summed E-state index contributed by atoms with van der Waals surface area (Å²) in [6.45, 7) is 0. The predicted octanol–water partition coefficient (Wildman–Crippen LogP) is 5.29. The lowest BCUT2D eigenvalue weighted by Crippen LogP contribution is -1.99. The van der Waals surface area contributed by atoms with Crippen LogP contribution in [-0.2, 0) is 5.75 Å². The lowest BCUT2D eigenvalue weighted by atomic mass is 10.3. The van der Waals surface area contributed by atoms with Gasteiger partial charge in [-0.3, -0.25) is 4.98 Å². The lowest BCUT2D eigenvalue weighted by molar-refractivity contribution is 0.398. The predicted molar refractivity (Wildman–Crippen MR) is 105 cm³/mol. The Morgan fingerprint density at radius 3 is 2.84 bits per heavy atom. The minimum atomic E-state index is 0.715. The number of para-hydroxylation sites is 2. The second kappa shape index (κ2) is 7.70. The Balaban J connectivity index is 1.51. The third kappa shape index (κ3) is 3.80. The zero-order chi connectivity index (χ0) is 17.1. The smallest absolute Gasteiger partial charge is 0.166 e. The van der Waals surface area contributed by atoms with Gasteiger partial charge in [0.1, 0.15) is 0 Å². The van der Waals surface area contributed by atoms with Gasteiger partial charge in [-0.2, -0.15) is 0 Å². The molecule has 0 bridgehead atoms. The number of aromatic amines is 1. The average molecular weight is 372 g/mol. The number of benzene rings is 1. The van der Waals surface area contributed by atoms with Crippen molar-refractivity contribution in [3.05, 3.63) is 42.2 Å². The van der Waals surface area contributed by atoms with E-state index in [2.05, 4.69) is 21.0 Å². The standard InChI is InChI=1S/C19H21N3OS2/c1-23-18-16(20-11-10-17(18)25-13-6-2-3-7-13)12-24-19-21-14-8-4-5-9-15(14)22-19/h4-5,8-11,13H,2-3,6-7,12H2,1H3,(H,21,22). The molecule has 6 heteroatoms. The summed E-state index contributed by atoms with van der Waals surface area (Å²) in [4.78, 5) is 13.7. The molecular formula is C19H21N3OS2. The fourth-order valence-electron chi connectivity index (χ4n) is 3.21. The van der Waals surface area contributed by atoms with Crippen LogP contribution in [0.5, 0.6) is 5.75 Å². The molecule has 3 aromatic rings. The van der Waals surface area contributed by atoms with Gasteiger partial charge in [0.15, 0.2) is 10.9 Å². The highest BCUT2D eigenvalue weighted by molar-refractivity contribution is 8.00. The molecule has 2 aromatic heterocycles. The van der Waals surface area contributed by atoms with E-state index >= 15 is 0 Å². The van der Waals surface area contributed by atoms with E-state index in [1.807, 2.05) is 42.2 Å². The molecule has 25 heavy (non-hydrogen) atoms. The number of thioether (sulfide) groups is 2. The van der Waals surface area contributed by atoms with E-state index < -0.39 is 0 Å². The normalized spacial score (nSPS) is 15.1. The van der Waals surface area contributed by atoms with Gasteiger partial charge in [-0.25, -0.2) is 4.98 Å². The van der Waals surface area contributed by atoms with E-state index in [9.17, 15) is 0 Å². The van der Waals surface area contributed by atoms with Gasteiger partial charge in [-0.1, -0.05) is 36.7 Å². The first kappa shape index (κ1) is 16.8. The van der Waals surface area contributed by atoms with Gasteiger partial charge < -0.3 is 9.72 Å². The highest BCUT2D eigenvalue weighted by atomic mass is 32.2. The van der Waals surface area contributed by atoms with Gasteiger partial charge in [0.2, 0.25) is 0 Å². The topological polar surface area (TPSA) is 50.8 Å². The van der Waals surface area contributed by atoms with Crippen LogP contribution >= 0.6 is 23.5 Å². The van der Waals surface area contributed by atoms with Crippen LogP contribution in [0.3, 0.4) is 0 Å². The van der Waals surface area contributed by atoms with Crippen LogP contribution in [0.4, 0.5) is 0 Å². The third-order valence-electron chi connectivity index (χ3n) is 4.46. The lowest BCUT2D eigenvalue weighted by Gasteiger charge is -2.14. The Kier molecular flexibility index (Phi) is 5.17. The Morgan fingerprint density at radius 2 is 2.04 bits per heavy atom. The SMILES string of the molecule is COc1c(SC2CCCC2)ccnc1CSc1nc2ccccc2[nH]1. The van der Waals surface area contributed by atoms with Gasteiger partial charge in [0.25, 0.3) is 0 Å². The number of nitrogens with zero attached hydrogens (tertiary/aromatic N) is 2. The molecule has 0 unspecified atom stereocenters. The Labute approximate surface area is 156 Å². The highest BCUT2D eigenvalue weighted by Crippen LogP contribution is 2.40. The summed E-state index contributed by atoms with van der Waals surface area (Å²) >= 11 is 3.61. The molecule has 1 fully saturated rings. The molecule has 0 aliphatic heterocycles. The number of H-pyrrole nitrogens is 1. The van der Waals surface area contributed by atoms with Crippen molar-refractivity contribution in [3.63, 3.8) is 0 Å². The van der Waals surface area contributed by atoms with E-state index in [4.69, 9.17) is 4.74 Å². The van der Waals surface area contributed by atoms with Crippen molar-refractivity contribution in [1.29, 1.82) is 0 Å². The Bertz CT molecular complexity index is 826. The maximum Gasteiger partial charge on any atom is 0.166 e. The number of rotatable bonds is 6. The Hall–Kier alpha value is -1.66. The highest BCUT2D eigenvalue weighted by Gasteiger charge is 2.20. The fourth-order valence-corrected chi connectivity index (χ4v) is 5.41. The van der Waals surface area contributed by atoms with Crippen molar-refractivity contribution < 1.29 is 4.74 Å². The van der Waals surface area contributed by atoms with Gasteiger partial charge >= 0.3 is 0 Å². The summed E-state index contributed by atoms with van der Waals surface area (Å²) in [5.41, 5.74) is 3.04. The molecular weight excluding hydrogens is 350 g/mol. The number of aromatic nitrogens is 3. The molecule has 1 saturated carbocycles. The van der Waals surface area contributed by atoms with Crippen LogP contribution in [0.15, 0.2) is 46.6 Å². The van der Waals surface area contributed by atoms with Crippen LogP contribution < -0.4 is 4.74 Å². The number of pyridine rings is 1. The van der Waals surface area contributed by atoms with Crippen LogP contribution in [0, 0.1) is 0 Å². The van der Waals surface area contributed by atoms with Crippen molar-refractivity contribution in [3.8, 4) is 5.75 Å². The number of hydrogen-bond acceptors (Lipinski definition) is 5. The first-order chi connectivity index (χ1) is 12.3. The molecule has 0 amide bonds. The molecule has 1 N–H and O–H groups in total. The molecule has 130 valence electrons. The van der Waals surface area contributed by atoms with Gasteiger partial charge in [0, 0.05) is 17.2 Å². The van der Waals surface area contributed by atoms with E-state index in [0.29, 0.717) is 5.25 Å². The molecule has 1 aliphatic rings. The summed E-state index contributed by atoms with van der Waals surface area (Å²) in [6.07, 6.45) is 7.20. The van der Waals surface area contributed by atoms with E-state index in [0.717, 1.165) is 33.4 Å². The summed E-state index contributed by atoms with van der Waals surface area (Å²) in [5.74, 6) is 1.66. The van der Waals surface area contributed by atoms with E-state index in [1.165, 1.54) is 30.6 Å². The van der Waals surface area contributed by atoms with Crippen molar-refractivity contribution >= 4 is 34.6 Å². The molecule has 2 heterocycles. The number of hydrogen-bond donors (Lipinski definition) is 1. The number of nitrogens with one attached hydrogen (secondary N) is 1. The molecule has 0 radical (unpaired) electrons. The van der Waals surface area contributed by atoms with Gasteiger partial charge in [-0.05, 0) is 31.0 Å². The maximum atomic E-state index is 5.71. The van der Waals surface area contributed by atoms with Crippen LogP contribution in [0.1, 0.15) is 31.4 Å². The molecule has 4 nitrogen and oxygen atoms in total. The van der Waals surface area contributed by atoms with Crippen molar-refractivity contribution in [2.75, 3.05) is 7.11 Å². The van der Waals surface area contributed by atoms with E-state index in [-0.39, 0.29) is 0 Å². The van der Waals surface area contributed by atoms with Crippen LogP contribution in [0.2, 0.25) is 0 Å².